The molecule has 2 heterocycles. The summed E-state index contributed by atoms with van der Waals surface area (Å²) in [6, 6.07) is 7.98. The van der Waals surface area contributed by atoms with Gasteiger partial charge >= 0.3 is 0 Å². The molecule has 0 bridgehead atoms. The molecule has 1 aliphatic heterocycles. The lowest BCUT2D eigenvalue weighted by Crippen LogP contribution is -2.42. The van der Waals surface area contributed by atoms with Crippen LogP contribution in [0.2, 0.25) is 5.28 Å². The van der Waals surface area contributed by atoms with Crippen molar-refractivity contribution in [3.05, 3.63) is 29.5 Å². The fourth-order valence-electron chi connectivity index (χ4n) is 2.72. The van der Waals surface area contributed by atoms with Gasteiger partial charge in [0.1, 0.15) is 5.82 Å². The zero-order chi connectivity index (χ0) is 13.2. The first kappa shape index (κ1) is 12.6. The minimum Gasteiger partial charge on any atom is -0.394 e. The molecule has 1 saturated heterocycles. The Bertz CT molecular complexity index is 590. The molecule has 19 heavy (non-hydrogen) atoms. The summed E-state index contributed by atoms with van der Waals surface area (Å²) < 4.78 is 0. The van der Waals surface area contributed by atoms with E-state index in [0.29, 0.717) is 0 Å². The third-order valence-corrected chi connectivity index (χ3v) is 3.83. The quantitative estimate of drug-likeness (QED) is 0.858. The maximum Gasteiger partial charge on any atom is 0.224 e. The number of benzene rings is 1. The molecular formula is C14H16ClN3O. The highest BCUT2D eigenvalue weighted by molar-refractivity contribution is 6.28. The van der Waals surface area contributed by atoms with Gasteiger partial charge in [-0.15, -0.1) is 0 Å². The van der Waals surface area contributed by atoms with Crippen LogP contribution in [0, 0.1) is 0 Å². The number of halogens is 1. The number of nitrogens with zero attached hydrogens (tertiary/aromatic N) is 3. The second-order valence-corrected chi connectivity index (χ2v) is 5.20. The number of aliphatic hydroxyl groups excluding tert-OH is 1. The number of hydrogen-bond acceptors (Lipinski definition) is 4. The fourth-order valence-corrected chi connectivity index (χ4v) is 2.89. The number of anilines is 1. The predicted molar refractivity (Wildman–Crippen MR) is 76.6 cm³/mol. The average Bonchev–Trinajstić information content (AvgIpc) is 2.46. The van der Waals surface area contributed by atoms with E-state index in [9.17, 15) is 5.11 Å². The summed E-state index contributed by atoms with van der Waals surface area (Å²) in [4.78, 5) is 10.8. The summed E-state index contributed by atoms with van der Waals surface area (Å²) in [5.41, 5.74) is 0.847. The molecule has 2 aromatic rings. The first-order chi connectivity index (χ1) is 9.29. The lowest BCUT2D eigenvalue weighted by molar-refractivity contribution is 0.239. The van der Waals surface area contributed by atoms with Crippen molar-refractivity contribution in [2.24, 2.45) is 0 Å². The Balaban J connectivity index is 2.12. The van der Waals surface area contributed by atoms with E-state index in [2.05, 4.69) is 14.9 Å². The lowest BCUT2D eigenvalue weighted by Gasteiger charge is -2.36. The van der Waals surface area contributed by atoms with Gasteiger partial charge in [0.25, 0.3) is 0 Å². The molecule has 0 saturated carbocycles. The van der Waals surface area contributed by atoms with Crippen molar-refractivity contribution < 1.29 is 5.11 Å². The van der Waals surface area contributed by atoms with Crippen molar-refractivity contribution in [3.8, 4) is 0 Å². The third-order valence-electron chi connectivity index (χ3n) is 3.67. The zero-order valence-electron chi connectivity index (χ0n) is 10.6. The normalized spacial score (nSPS) is 19.9. The van der Waals surface area contributed by atoms with Crippen molar-refractivity contribution in [1.82, 2.24) is 9.97 Å². The molecule has 1 N–H and O–H groups in total. The number of hydrogen-bond donors (Lipinski definition) is 1. The molecule has 1 unspecified atom stereocenters. The Morgan fingerprint density at radius 1 is 1.26 bits per heavy atom. The van der Waals surface area contributed by atoms with Gasteiger partial charge in [0.15, 0.2) is 0 Å². The van der Waals surface area contributed by atoms with Gasteiger partial charge in [0.2, 0.25) is 5.28 Å². The van der Waals surface area contributed by atoms with E-state index in [4.69, 9.17) is 11.6 Å². The molecule has 100 valence electrons. The van der Waals surface area contributed by atoms with Crippen LogP contribution in [0.3, 0.4) is 0 Å². The molecule has 1 atom stereocenters. The highest BCUT2D eigenvalue weighted by Crippen LogP contribution is 2.30. The summed E-state index contributed by atoms with van der Waals surface area (Å²) in [7, 11) is 0. The van der Waals surface area contributed by atoms with E-state index in [1.54, 1.807) is 0 Å². The minimum absolute atomic E-state index is 0.128. The van der Waals surface area contributed by atoms with Gasteiger partial charge in [0.05, 0.1) is 18.2 Å². The number of piperidine rings is 1. The van der Waals surface area contributed by atoms with Crippen LogP contribution in [-0.2, 0) is 0 Å². The van der Waals surface area contributed by atoms with Crippen LogP contribution in [0.1, 0.15) is 19.3 Å². The van der Waals surface area contributed by atoms with E-state index >= 15 is 0 Å². The van der Waals surface area contributed by atoms with E-state index in [1.807, 2.05) is 24.3 Å². The zero-order valence-corrected chi connectivity index (χ0v) is 11.3. The van der Waals surface area contributed by atoms with Crippen molar-refractivity contribution in [2.45, 2.75) is 25.3 Å². The molecule has 1 aromatic carbocycles. The van der Waals surface area contributed by atoms with Gasteiger partial charge < -0.3 is 10.0 Å². The Morgan fingerprint density at radius 2 is 2.11 bits per heavy atom. The minimum atomic E-state index is 0.128. The van der Waals surface area contributed by atoms with Crippen LogP contribution in [0.4, 0.5) is 5.82 Å². The lowest BCUT2D eigenvalue weighted by atomic mass is 10.0. The van der Waals surface area contributed by atoms with E-state index in [0.717, 1.165) is 42.5 Å². The van der Waals surface area contributed by atoms with Crippen LogP contribution >= 0.6 is 11.6 Å². The fraction of sp³-hybridized carbons (Fsp3) is 0.429. The van der Waals surface area contributed by atoms with Crippen LogP contribution < -0.4 is 4.90 Å². The number of fused-ring (bicyclic) bond motifs is 1. The van der Waals surface area contributed by atoms with Crippen molar-refractivity contribution >= 4 is 28.3 Å². The Kier molecular flexibility index (Phi) is 3.53. The molecule has 1 aliphatic rings. The second-order valence-electron chi connectivity index (χ2n) is 4.86. The summed E-state index contributed by atoms with van der Waals surface area (Å²) in [5, 5.41) is 10.8. The number of aromatic nitrogens is 2. The maximum atomic E-state index is 9.55. The SMILES string of the molecule is OCC1CCCCN1c1nc(Cl)nc2ccccc12. The monoisotopic (exact) mass is 277 g/mol. The number of para-hydroxylation sites is 1. The van der Waals surface area contributed by atoms with Gasteiger partial charge in [-0.05, 0) is 43.0 Å². The first-order valence-electron chi connectivity index (χ1n) is 6.59. The van der Waals surface area contributed by atoms with E-state index in [1.165, 1.54) is 0 Å². The Morgan fingerprint density at radius 3 is 2.95 bits per heavy atom. The van der Waals surface area contributed by atoms with Gasteiger partial charge in [-0.25, -0.2) is 4.98 Å². The number of aliphatic hydroxyl groups is 1. The van der Waals surface area contributed by atoms with Gasteiger partial charge in [0, 0.05) is 11.9 Å². The van der Waals surface area contributed by atoms with Gasteiger partial charge in [-0.1, -0.05) is 12.1 Å². The third kappa shape index (κ3) is 2.38. The standard InChI is InChI=1S/C14H16ClN3O/c15-14-16-12-7-2-1-6-11(12)13(17-14)18-8-4-3-5-10(18)9-19/h1-2,6-7,10,19H,3-5,8-9H2. The highest BCUT2D eigenvalue weighted by atomic mass is 35.5. The molecule has 1 fully saturated rings. The largest absolute Gasteiger partial charge is 0.394 e. The van der Waals surface area contributed by atoms with Crippen LogP contribution in [0.15, 0.2) is 24.3 Å². The molecule has 4 nitrogen and oxygen atoms in total. The molecule has 1 aromatic heterocycles. The van der Waals surface area contributed by atoms with Gasteiger partial charge in [-0.2, -0.15) is 4.98 Å². The Labute approximate surface area is 117 Å². The van der Waals surface area contributed by atoms with Gasteiger partial charge in [-0.3, -0.25) is 0 Å². The van der Waals surface area contributed by atoms with Crippen LogP contribution in [-0.4, -0.2) is 34.3 Å². The van der Waals surface area contributed by atoms with Crippen molar-refractivity contribution in [2.75, 3.05) is 18.1 Å². The second kappa shape index (κ2) is 5.31. The first-order valence-corrected chi connectivity index (χ1v) is 6.97. The molecule has 0 spiro atoms. The molecular weight excluding hydrogens is 262 g/mol. The molecule has 3 rings (SSSR count). The van der Waals surface area contributed by atoms with E-state index < -0.39 is 0 Å². The predicted octanol–water partition coefficient (Wildman–Crippen LogP) is 2.63. The van der Waals surface area contributed by atoms with Crippen molar-refractivity contribution in [3.63, 3.8) is 0 Å². The number of rotatable bonds is 2. The maximum absolute atomic E-state index is 9.55. The topological polar surface area (TPSA) is 49.2 Å². The molecule has 0 radical (unpaired) electrons. The van der Waals surface area contributed by atoms with Crippen LogP contribution in [0.5, 0.6) is 0 Å². The summed E-state index contributed by atoms with van der Waals surface area (Å²) in [5.74, 6) is 0.842. The Hall–Kier alpha value is -1.39. The van der Waals surface area contributed by atoms with E-state index in [-0.39, 0.29) is 17.9 Å². The molecule has 0 amide bonds. The highest BCUT2D eigenvalue weighted by Gasteiger charge is 2.24. The molecule has 0 aliphatic carbocycles. The summed E-state index contributed by atoms with van der Waals surface area (Å²) in [6.07, 6.45) is 3.26. The smallest absolute Gasteiger partial charge is 0.224 e. The summed E-state index contributed by atoms with van der Waals surface area (Å²) >= 11 is 6.02. The molecule has 5 heteroatoms. The van der Waals surface area contributed by atoms with Crippen LogP contribution in [0.25, 0.3) is 10.9 Å². The summed E-state index contributed by atoms with van der Waals surface area (Å²) in [6.45, 7) is 1.05. The van der Waals surface area contributed by atoms with Crippen molar-refractivity contribution in [1.29, 1.82) is 0 Å². The average molecular weight is 278 g/mol.